The summed E-state index contributed by atoms with van der Waals surface area (Å²) in [6.45, 7) is 7.51. The van der Waals surface area contributed by atoms with E-state index in [0.717, 1.165) is 22.3 Å². The van der Waals surface area contributed by atoms with Crippen LogP contribution < -0.4 is 10.0 Å². The third-order valence-corrected chi connectivity index (χ3v) is 9.15. The first kappa shape index (κ1) is 29.1. The molecule has 0 fully saturated rings. The minimum Gasteiger partial charge on any atom is -0.271 e. The fourth-order valence-corrected chi connectivity index (χ4v) is 6.63. The van der Waals surface area contributed by atoms with Gasteiger partial charge in [-0.2, -0.15) is 20.2 Å². The van der Waals surface area contributed by atoms with Crippen molar-refractivity contribution in [2.45, 2.75) is 40.5 Å². The summed E-state index contributed by atoms with van der Waals surface area (Å²) in [4.78, 5) is 30.3. The van der Waals surface area contributed by atoms with Crippen LogP contribution in [0, 0.1) is 36.3 Å². The molecule has 0 aromatic heterocycles. The van der Waals surface area contributed by atoms with Crippen molar-refractivity contribution in [1.29, 1.82) is 0 Å². The van der Waals surface area contributed by atoms with Gasteiger partial charge in [0, 0.05) is 0 Å². The Morgan fingerprint density at radius 3 is 1.23 bits per heavy atom. The highest BCUT2D eigenvalue weighted by atomic mass is 19.1. The molecule has 222 valence electrons. The van der Waals surface area contributed by atoms with Crippen molar-refractivity contribution in [2.24, 2.45) is 21.0 Å². The monoisotopic (exact) mass is 590 g/mol. The molecule has 0 aliphatic carbocycles. The van der Waals surface area contributed by atoms with Gasteiger partial charge in [-0.3, -0.25) is 9.59 Å². The molecule has 2 atom stereocenters. The number of hydrogen-bond acceptors (Lipinski definition) is 4. The van der Waals surface area contributed by atoms with E-state index in [1.165, 1.54) is 58.5 Å². The highest BCUT2D eigenvalue weighted by Gasteiger charge is 2.70. The van der Waals surface area contributed by atoms with E-state index in [-0.39, 0.29) is 12.8 Å². The van der Waals surface area contributed by atoms with E-state index < -0.39 is 34.3 Å². The standard InChI is InChI=1S/C36H32F2N4O2/c1-23-9-5-7-11-27(23)21-35(25(3)39-41(33(35)43)31-17-13-29(37)14-18-31)36(22-28-12-8-6-10-24(28)2)26(4)40-42(34(36)44)32-19-15-30(38)16-20-32/h5-20H,21-22H2,1-4H3. The number of amides is 2. The molecule has 0 saturated carbocycles. The second-order valence-corrected chi connectivity index (χ2v) is 11.6. The molecule has 0 spiro atoms. The third kappa shape index (κ3) is 4.44. The predicted octanol–water partition coefficient (Wildman–Crippen LogP) is 7.19. The Kier molecular flexibility index (Phi) is 7.24. The third-order valence-electron chi connectivity index (χ3n) is 9.15. The zero-order valence-electron chi connectivity index (χ0n) is 25.0. The van der Waals surface area contributed by atoms with E-state index in [4.69, 9.17) is 10.2 Å². The Balaban J connectivity index is 1.62. The Morgan fingerprint density at radius 1 is 0.545 bits per heavy atom. The number of anilines is 2. The van der Waals surface area contributed by atoms with E-state index in [2.05, 4.69) is 0 Å². The number of rotatable bonds is 7. The molecule has 4 aromatic rings. The molecular weight excluding hydrogens is 558 g/mol. The SMILES string of the molecule is CC1=NN(c2ccc(F)cc2)C(=O)C1(Cc1ccccc1C)C1(Cc2ccccc2C)C(=O)N(c2ccc(F)cc2)N=C1C. The maximum absolute atomic E-state index is 15.1. The molecule has 44 heavy (non-hydrogen) atoms. The molecule has 6 nitrogen and oxygen atoms in total. The molecule has 0 bridgehead atoms. The lowest BCUT2D eigenvalue weighted by molar-refractivity contribution is -0.137. The normalized spacial score (nSPS) is 21.6. The molecule has 4 aromatic carbocycles. The summed E-state index contributed by atoms with van der Waals surface area (Å²) in [7, 11) is 0. The smallest absolute Gasteiger partial charge is 0.261 e. The van der Waals surface area contributed by atoms with Crippen molar-refractivity contribution in [2.75, 3.05) is 10.0 Å². The van der Waals surface area contributed by atoms with Gasteiger partial charge in [0.05, 0.1) is 22.8 Å². The van der Waals surface area contributed by atoms with Gasteiger partial charge in [0.1, 0.15) is 22.5 Å². The average molecular weight is 591 g/mol. The van der Waals surface area contributed by atoms with Gasteiger partial charge in [-0.1, -0.05) is 48.5 Å². The van der Waals surface area contributed by atoms with E-state index in [1.807, 2.05) is 62.4 Å². The number of hydrazone groups is 2. The summed E-state index contributed by atoms with van der Waals surface area (Å²) in [6.07, 6.45) is 0.348. The van der Waals surface area contributed by atoms with Gasteiger partial charge < -0.3 is 0 Å². The number of halogens is 2. The summed E-state index contributed by atoms with van der Waals surface area (Å²) in [6, 6.07) is 26.7. The second kappa shape index (κ2) is 10.9. The number of aryl methyl sites for hydroxylation is 2. The van der Waals surface area contributed by atoms with Gasteiger partial charge >= 0.3 is 0 Å². The van der Waals surface area contributed by atoms with Crippen molar-refractivity contribution in [3.8, 4) is 0 Å². The first-order valence-corrected chi connectivity index (χ1v) is 14.5. The second-order valence-electron chi connectivity index (χ2n) is 11.6. The van der Waals surface area contributed by atoms with Crippen LogP contribution in [0.2, 0.25) is 0 Å². The predicted molar refractivity (Wildman–Crippen MR) is 169 cm³/mol. The number of nitrogens with zero attached hydrogens (tertiary/aromatic N) is 4. The summed E-state index contributed by atoms with van der Waals surface area (Å²) in [5.41, 5.74) is 2.39. The van der Waals surface area contributed by atoms with Crippen molar-refractivity contribution in [3.05, 3.63) is 131 Å². The Bertz CT molecular complexity index is 1700. The Labute approximate surface area is 255 Å². The molecule has 8 heteroatoms. The van der Waals surface area contributed by atoms with Crippen LogP contribution in [0.25, 0.3) is 0 Å². The minimum atomic E-state index is -1.50. The fraction of sp³-hybridized carbons (Fsp3) is 0.222. The molecule has 2 aliphatic heterocycles. The van der Waals surface area contributed by atoms with Crippen LogP contribution in [0.1, 0.15) is 36.1 Å². The molecule has 2 unspecified atom stereocenters. The van der Waals surface area contributed by atoms with Gasteiger partial charge in [0.15, 0.2) is 0 Å². The number of benzene rings is 4. The average Bonchev–Trinajstić information content (AvgIpc) is 3.41. The first-order valence-electron chi connectivity index (χ1n) is 14.5. The molecule has 0 radical (unpaired) electrons. The summed E-state index contributed by atoms with van der Waals surface area (Å²) < 4.78 is 27.8. The first-order chi connectivity index (χ1) is 21.1. The fourth-order valence-electron chi connectivity index (χ4n) is 6.63. The summed E-state index contributed by atoms with van der Waals surface area (Å²) >= 11 is 0. The molecule has 0 N–H and O–H groups in total. The molecule has 6 rings (SSSR count). The van der Waals surface area contributed by atoms with Gasteiger partial charge in [-0.15, -0.1) is 0 Å². The molecule has 2 heterocycles. The van der Waals surface area contributed by atoms with Gasteiger partial charge in [0.25, 0.3) is 11.8 Å². The van der Waals surface area contributed by atoms with Crippen LogP contribution in [0.15, 0.2) is 107 Å². The maximum atomic E-state index is 15.1. The van der Waals surface area contributed by atoms with Crippen molar-refractivity contribution in [1.82, 2.24) is 0 Å². The van der Waals surface area contributed by atoms with Crippen molar-refractivity contribution in [3.63, 3.8) is 0 Å². The highest BCUT2D eigenvalue weighted by molar-refractivity contribution is 6.30. The van der Waals surface area contributed by atoms with Crippen LogP contribution in [0.4, 0.5) is 20.2 Å². The largest absolute Gasteiger partial charge is 0.271 e. The van der Waals surface area contributed by atoms with Gasteiger partial charge in [-0.05, 0) is 111 Å². The van der Waals surface area contributed by atoms with Gasteiger partial charge in [0.2, 0.25) is 0 Å². The van der Waals surface area contributed by atoms with Crippen LogP contribution >= 0.6 is 0 Å². The number of hydrogen-bond donors (Lipinski definition) is 0. The molecule has 2 aliphatic rings. The van der Waals surface area contributed by atoms with E-state index in [1.54, 1.807) is 13.8 Å². The topological polar surface area (TPSA) is 65.3 Å². The summed E-state index contributed by atoms with van der Waals surface area (Å²) in [5, 5.41) is 12.1. The van der Waals surface area contributed by atoms with Crippen molar-refractivity contribution >= 4 is 34.6 Å². The van der Waals surface area contributed by atoms with Crippen LogP contribution in [-0.2, 0) is 22.4 Å². The molecular formula is C36H32F2N4O2. The lowest BCUT2D eigenvalue weighted by atomic mass is 9.53. The Hall–Kier alpha value is -4.98. The maximum Gasteiger partial charge on any atom is 0.261 e. The summed E-state index contributed by atoms with van der Waals surface area (Å²) in [5.74, 6) is -1.68. The van der Waals surface area contributed by atoms with Crippen LogP contribution in [0.5, 0.6) is 0 Å². The van der Waals surface area contributed by atoms with Crippen LogP contribution in [0.3, 0.4) is 0 Å². The van der Waals surface area contributed by atoms with Crippen molar-refractivity contribution < 1.29 is 18.4 Å². The quantitative estimate of drug-likeness (QED) is 0.229. The lowest BCUT2D eigenvalue weighted by Gasteiger charge is -2.44. The van der Waals surface area contributed by atoms with E-state index >= 15 is 9.59 Å². The van der Waals surface area contributed by atoms with E-state index in [9.17, 15) is 8.78 Å². The minimum absolute atomic E-state index is 0.174. The number of carbonyl (C=O) groups excluding carboxylic acids is 2. The molecule has 2 amide bonds. The zero-order chi connectivity index (χ0) is 31.2. The zero-order valence-corrected chi connectivity index (χ0v) is 25.0. The molecule has 0 saturated heterocycles. The Morgan fingerprint density at radius 2 is 0.886 bits per heavy atom. The van der Waals surface area contributed by atoms with Crippen LogP contribution in [-0.4, -0.2) is 23.2 Å². The van der Waals surface area contributed by atoms with E-state index in [0.29, 0.717) is 22.8 Å². The number of carbonyl (C=O) groups is 2. The lowest BCUT2D eigenvalue weighted by Crippen LogP contribution is -2.62. The van der Waals surface area contributed by atoms with Gasteiger partial charge in [-0.25, -0.2) is 8.78 Å². The highest BCUT2D eigenvalue weighted by Crippen LogP contribution is 2.55.